The van der Waals surface area contributed by atoms with Crippen LogP contribution in [0, 0.1) is 5.92 Å². The molecule has 5 heteroatoms. The van der Waals surface area contributed by atoms with Gasteiger partial charge in [0.15, 0.2) is 5.17 Å². The standard InChI is InChI=1S/C21H22N2OS2/c1-15(2)14-23-20(24)19(13-16-9-11-18(25-3)12-10-16)26-21(23)22-17-7-5-4-6-8-17/h4-13,15H,14H2,1-3H3. The second kappa shape index (κ2) is 8.60. The molecule has 1 heterocycles. The predicted molar refractivity (Wildman–Crippen MR) is 114 cm³/mol. The summed E-state index contributed by atoms with van der Waals surface area (Å²) in [6.07, 6.45) is 4.01. The Labute approximate surface area is 163 Å². The molecule has 0 atom stereocenters. The Bertz CT molecular complexity index is 827. The van der Waals surface area contributed by atoms with Gasteiger partial charge in [0, 0.05) is 11.4 Å². The first kappa shape index (κ1) is 18.8. The third-order valence-corrected chi connectivity index (χ3v) is 5.58. The van der Waals surface area contributed by atoms with E-state index in [4.69, 9.17) is 4.99 Å². The van der Waals surface area contributed by atoms with Gasteiger partial charge in [-0.1, -0.05) is 44.2 Å². The molecule has 1 aliphatic rings. The molecule has 0 radical (unpaired) electrons. The second-order valence-electron chi connectivity index (χ2n) is 6.42. The average Bonchev–Trinajstić information content (AvgIpc) is 2.91. The van der Waals surface area contributed by atoms with Crippen LogP contribution in [0.15, 0.2) is 69.4 Å². The lowest BCUT2D eigenvalue weighted by atomic mass is 10.2. The van der Waals surface area contributed by atoms with Crippen LogP contribution < -0.4 is 0 Å². The van der Waals surface area contributed by atoms with E-state index in [1.54, 1.807) is 16.7 Å². The molecule has 26 heavy (non-hydrogen) atoms. The lowest BCUT2D eigenvalue weighted by Crippen LogP contribution is -2.32. The molecule has 2 aromatic rings. The van der Waals surface area contributed by atoms with Crippen LogP contribution in [0.1, 0.15) is 19.4 Å². The molecular formula is C21H22N2OS2. The highest BCUT2D eigenvalue weighted by Crippen LogP contribution is 2.34. The van der Waals surface area contributed by atoms with Crippen molar-refractivity contribution in [1.29, 1.82) is 0 Å². The van der Waals surface area contributed by atoms with E-state index in [0.29, 0.717) is 12.5 Å². The minimum Gasteiger partial charge on any atom is -0.286 e. The highest BCUT2D eigenvalue weighted by atomic mass is 32.2. The van der Waals surface area contributed by atoms with Crippen molar-refractivity contribution in [1.82, 2.24) is 4.90 Å². The van der Waals surface area contributed by atoms with Gasteiger partial charge in [-0.05, 0) is 59.8 Å². The number of benzene rings is 2. The summed E-state index contributed by atoms with van der Waals surface area (Å²) >= 11 is 3.16. The molecule has 1 amide bonds. The fraction of sp³-hybridized carbons (Fsp3) is 0.238. The Morgan fingerprint density at radius 3 is 2.42 bits per heavy atom. The third-order valence-electron chi connectivity index (χ3n) is 3.83. The monoisotopic (exact) mass is 382 g/mol. The minimum absolute atomic E-state index is 0.0346. The number of aliphatic imine (C=N–C) groups is 1. The average molecular weight is 383 g/mol. The molecule has 0 saturated carbocycles. The van der Waals surface area contributed by atoms with Crippen molar-refractivity contribution in [3.63, 3.8) is 0 Å². The number of para-hydroxylation sites is 1. The summed E-state index contributed by atoms with van der Waals surface area (Å²) in [4.78, 5) is 21.4. The number of thioether (sulfide) groups is 2. The van der Waals surface area contributed by atoms with Gasteiger partial charge in [-0.3, -0.25) is 9.69 Å². The first-order valence-electron chi connectivity index (χ1n) is 8.56. The van der Waals surface area contributed by atoms with Crippen molar-refractivity contribution >= 4 is 46.4 Å². The lowest BCUT2D eigenvalue weighted by molar-refractivity contribution is -0.122. The van der Waals surface area contributed by atoms with Crippen molar-refractivity contribution in [3.05, 3.63) is 65.1 Å². The van der Waals surface area contributed by atoms with Crippen LogP contribution in [0.25, 0.3) is 6.08 Å². The molecule has 0 aliphatic carbocycles. The van der Waals surface area contributed by atoms with Crippen LogP contribution in [0.5, 0.6) is 0 Å². The summed E-state index contributed by atoms with van der Waals surface area (Å²) in [6.45, 7) is 4.89. The largest absolute Gasteiger partial charge is 0.286 e. The highest BCUT2D eigenvalue weighted by Gasteiger charge is 2.33. The number of amides is 1. The number of carbonyl (C=O) groups is 1. The fourth-order valence-electron chi connectivity index (χ4n) is 2.58. The summed E-state index contributed by atoms with van der Waals surface area (Å²) in [6, 6.07) is 18.0. The molecule has 1 saturated heterocycles. The second-order valence-corrected chi connectivity index (χ2v) is 8.31. The summed E-state index contributed by atoms with van der Waals surface area (Å²) in [5, 5.41) is 0.752. The van der Waals surface area contributed by atoms with Crippen LogP contribution in [0.2, 0.25) is 0 Å². The van der Waals surface area contributed by atoms with E-state index in [1.165, 1.54) is 16.7 Å². The summed E-state index contributed by atoms with van der Waals surface area (Å²) in [5.41, 5.74) is 1.89. The Hall–Kier alpha value is -1.98. The van der Waals surface area contributed by atoms with Gasteiger partial charge in [0.25, 0.3) is 5.91 Å². The van der Waals surface area contributed by atoms with Crippen molar-refractivity contribution in [2.24, 2.45) is 10.9 Å². The number of rotatable bonds is 5. The molecule has 0 spiro atoms. The summed E-state index contributed by atoms with van der Waals surface area (Å²) in [5.74, 6) is 0.410. The van der Waals surface area contributed by atoms with Crippen LogP contribution in [-0.4, -0.2) is 28.8 Å². The summed E-state index contributed by atoms with van der Waals surface area (Å²) < 4.78 is 0. The van der Waals surface area contributed by atoms with Crippen LogP contribution in [-0.2, 0) is 4.79 Å². The molecular weight excluding hydrogens is 360 g/mol. The first-order valence-corrected chi connectivity index (χ1v) is 10.6. The molecule has 0 N–H and O–H groups in total. The van der Waals surface area contributed by atoms with Gasteiger partial charge in [0.05, 0.1) is 10.6 Å². The topological polar surface area (TPSA) is 32.7 Å². The van der Waals surface area contributed by atoms with Gasteiger partial charge in [0.1, 0.15) is 0 Å². The molecule has 1 aliphatic heterocycles. The minimum atomic E-state index is 0.0346. The first-order chi connectivity index (χ1) is 12.6. The van der Waals surface area contributed by atoms with Gasteiger partial charge >= 0.3 is 0 Å². The summed E-state index contributed by atoms with van der Waals surface area (Å²) in [7, 11) is 0. The van der Waals surface area contributed by atoms with Gasteiger partial charge < -0.3 is 0 Å². The molecule has 0 bridgehead atoms. The van der Waals surface area contributed by atoms with Crippen molar-refractivity contribution < 1.29 is 4.79 Å². The van der Waals surface area contributed by atoms with Gasteiger partial charge in [-0.2, -0.15) is 0 Å². The zero-order valence-electron chi connectivity index (χ0n) is 15.2. The number of amidine groups is 1. The molecule has 1 fully saturated rings. The van der Waals surface area contributed by atoms with E-state index in [-0.39, 0.29) is 5.91 Å². The molecule has 3 nitrogen and oxygen atoms in total. The number of nitrogens with zero attached hydrogens (tertiary/aromatic N) is 2. The van der Waals surface area contributed by atoms with Crippen molar-refractivity contribution in [2.75, 3.05) is 12.8 Å². The van der Waals surface area contributed by atoms with Gasteiger partial charge in [-0.15, -0.1) is 11.8 Å². The quantitative estimate of drug-likeness (QED) is 0.493. The zero-order chi connectivity index (χ0) is 18.5. The number of hydrogen-bond donors (Lipinski definition) is 0. The van der Waals surface area contributed by atoms with E-state index in [9.17, 15) is 4.79 Å². The molecule has 0 unspecified atom stereocenters. The van der Waals surface area contributed by atoms with Gasteiger partial charge in [-0.25, -0.2) is 4.99 Å². The lowest BCUT2D eigenvalue weighted by Gasteiger charge is -2.17. The normalized spacial score (nSPS) is 17.7. The maximum absolute atomic E-state index is 12.9. The highest BCUT2D eigenvalue weighted by molar-refractivity contribution is 8.18. The molecule has 134 valence electrons. The van der Waals surface area contributed by atoms with Crippen molar-refractivity contribution in [3.8, 4) is 0 Å². The van der Waals surface area contributed by atoms with Crippen LogP contribution in [0.4, 0.5) is 5.69 Å². The van der Waals surface area contributed by atoms with Crippen LogP contribution >= 0.6 is 23.5 Å². The molecule has 3 rings (SSSR count). The Kier molecular flexibility index (Phi) is 6.22. The van der Waals surface area contributed by atoms with E-state index >= 15 is 0 Å². The van der Waals surface area contributed by atoms with Crippen molar-refractivity contribution in [2.45, 2.75) is 18.7 Å². The zero-order valence-corrected chi connectivity index (χ0v) is 16.8. The number of hydrogen-bond acceptors (Lipinski definition) is 4. The smallest absolute Gasteiger partial charge is 0.266 e. The number of carbonyl (C=O) groups excluding carboxylic acids is 1. The fourth-order valence-corrected chi connectivity index (χ4v) is 4.00. The van der Waals surface area contributed by atoms with E-state index in [2.05, 4.69) is 32.2 Å². The molecule has 2 aromatic carbocycles. The Morgan fingerprint density at radius 1 is 1.12 bits per heavy atom. The van der Waals surface area contributed by atoms with E-state index in [0.717, 1.165) is 21.3 Å². The predicted octanol–water partition coefficient (Wildman–Crippen LogP) is 5.67. The maximum Gasteiger partial charge on any atom is 0.266 e. The third kappa shape index (κ3) is 4.59. The Morgan fingerprint density at radius 2 is 1.81 bits per heavy atom. The van der Waals surface area contributed by atoms with Gasteiger partial charge in [0.2, 0.25) is 0 Å². The SMILES string of the molecule is CSc1ccc(C=C2SC(=Nc3ccccc3)N(CC(C)C)C2=O)cc1. The molecule has 0 aromatic heterocycles. The van der Waals surface area contributed by atoms with E-state index in [1.807, 2.05) is 48.5 Å². The maximum atomic E-state index is 12.9. The van der Waals surface area contributed by atoms with E-state index < -0.39 is 0 Å². The Balaban J connectivity index is 1.91. The van der Waals surface area contributed by atoms with Crippen LogP contribution in [0.3, 0.4) is 0 Å².